The van der Waals surface area contributed by atoms with Crippen molar-refractivity contribution in [2.75, 3.05) is 45.1 Å². The standard InChI is InChI=1S/C39H41N3O7S/c1-3-7-28-10-12-29(13-11-28)31-16-19-35(32(26-31)27-40-42-39-41-34-8-5-6-9-36(34)50-39)49-38(44)30-14-17-33(18-15-30)47-24-22-45-20-21-46-23-25-48-37(43)4-2/h4-5,8,10-19,26-27H,2-3,6-7,9,20-25H2,1H3,(H,41,42)/b40-27+. The molecular weight excluding hydrogens is 655 g/mol. The van der Waals surface area contributed by atoms with Crippen LogP contribution in [0.2, 0.25) is 0 Å². The summed E-state index contributed by atoms with van der Waals surface area (Å²) in [5, 5.41) is 5.17. The van der Waals surface area contributed by atoms with E-state index in [1.54, 1.807) is 47.9 Å². The van der Waals surface area contributed by atoms with Crippen LogP contribution < -0.4 is 14.9 Å². The smallest absolute Gasteiger partial charge is 0.343 e. The van der Waals surface area contributed by atoms with Gasteiger partial charge in [0.05, 0.1) is 43.9 Å². The number of aryl methyl sites for hydroxylation is 2. The number of carbonyl (C=O) groups is 2. The molecule has 1 N–H and O–H groups in total. The zero-order chi connectivity index (χ0) is 35.0. The van der Waals surface area contributed by atoms with Crippen molar-refractivity contribution in [3.05, 3.63) is 113 Å². The van der Waals surface area contributed by atoms with Gasteiger partial charge < -0.3 is 23.7 Å². The average molecular weight is 696 g/mol. The van der Waals surface area contributed by atoms with Crippen LogP contribution in [0.25, 0.3) is 17.2 Å². The Morgan fingerprint density at radius 3 is 2.42 bits per heavy atom. The third kappa shape index (κ3) is 11.0. The number of benzene rings is 3. The Bertz CT molecular complexity index is 1780. The molecule has 0 spiro atoms. The molecule has 0 radical (unpaired) electrons. The molecule has 0 fully saturated rings. The molecule has 1 heterocycles. The van der Waals surface area contributed by atoms with Gasteiger partial charge in [0.25, 0.3) is 0 Å². The summed E-state index contributed by atoms with van der Waals surface area (Å²) in [5.41, 5.74) is 8.38. The van der Waals surface area contributed by atoms with Crippen LogP contribution in [0.4, 0.5) is 5.13 Å². The third-order valence-corrected chi connectivity index (χ3v) is 8.58. The van der Waals surface area contributed by atoms with Gasteiger partial charge in [-0.1, -0.05) is 67.7 Å². The highest BCUT2D eigenvalue weighted by molar-refractivity contribution is 7.15. The van der Waals surface area contributed by atoms with Crippen molar-refractivity contribution in [1.82, 2.24) is 4.98 Å². The lowest BCUT2D eigenvalue weighted by atomic mass is 10.0. The van der Waals surface area contributed by atoms with Crippen LogP contribution in [-0.2, 0) is 31.8 Å². The van der Waals surface area contributed by atoms with Crippen molar-refractivity contribution in [1.29, 1.82) is 0 Å². The molecule has 0 saturated heterocycles. The number of carbonyl (C=O) groups excluding carboxylic acids is 2. The summed E-state index contributed by atoms with van der Waals surface area (Å²) in [5.74, 6) is -0.00340. The van der Waals surface area contributed by atoms with E-state index in [0.717, 1.165) is 48.6 Å². The summed E-state index contributed by atoms with van der Waals surface area (Å²) in [6, 6.07) is 20.9. The number of hydrogen-bond donors (Lipinski definition) is 1. The number of anilines is 1. The first-order valence-electron chi connectivity index (χ1n) is 16.6. The van der Waals surface area contributed by atoms with Crippen LogP contribution >= 0.6 is 11.3 Å². The lowest BCUT2D eigenvalue weighted by Crippen LogP contribution is -2.13. The minimum atomic E-state index is -0.502. The molecule has 3 aromatic carbocycles. The maximum atomic E-state index is 13.2. The van der Waals surface area contributed by atoms with Crippen LogP contribution in [-0.4, -0.2) is 62.8 Å². The van der Waals surface area contributed by atoms with Crippen molar-refractivity contribution in [3.63, 3.8) is 0 Å². The number of ether oxygens (including phenoxy) is 5. The van der Waals surface area contributed by atoms with Crippen LogP contribution in [0.3, 0.4) is 0 Å². The first-order valence-corrected chi connectivity index (χ1v) is 17.4. The lowest BCUT2D eigenvalue weighted by Gasteiger charge is -2.11. The van der Waals surface area contributed by atoms with E-state index in [4.69, 9.17) is 23.7 Å². The molecule has 260 valence electrons. The topological polar surface area (TPSA) is 118 Å². The zero-order valence-corrected chi connectivity index (χ0v) is 28.9. The molecule has 4 aromatic rings. The normalized spacial score (nSPS) is 12.0. The fraction of sp³-hybridized carbons (Fsp3) is 0.282. The number of hydrazone groups is 1. The molecule has 0 bridgehead atoms. The quantitative estimate of drug-likeness (QED) is 0.0265. The molecule has 0 amide bonds. The van der Waals surface area contributed by atoms with E-state index in [9.17, 15) is 9.59 Å². The maximum absolute atomic E-state index is 13.2. The highest BCUT2D eigenvalue weighted by Gasteiger charge is 2.14. The molecule has 0 aliphatic heterocycles. The number of esters is 2. The highest BCUT2D eigenvalue weighted by atomic mass is 32.1. The number of allylic oxidation sites excluding steroid dienone is 1. The second-order valence-corrected chi connectivity index (χ2v) is 12.3. The van der Waals surface area contributed by atoms with E-state index in [0.29, 0.717) is 54.2 Å². The summed E-state index contributed by atoms with van der Waals surface area (Å²) < 4.78 is 27.3. The van der Waals surface area contributed by atoms with Gasteiger partial charge in [-0.05, 0) is 78.4 Å². The van der Waals surface area contributed by atoms with Crippen molar-refractivity contribution in [2.24, 2.45) is 5.10 Å². The van der Waals surface area contributed by atoms with Gasteiger partial charge in [-0.2, -0.15) is 5.10 Å². The van der Waals surface area contributed by atoms with Gasteiger partial charge in [0.15, 0.2) is 0 Å². The Balaban J connectivity index is 1.16. The zero-order valence-electron chi connectivity index (χ0n) is 28.1. The van der Waals surface area contributed by atoms with Gasteiger partial charge in [0.2, 0.25) is 5.13 Å². The van der Waals surface area contributed by atoms with E-state index < -0.39 is 11.9 Å². The number of nitrogens with zero attached hydrogens (tertiary/aromatic N) is 2. The first-order chi connectivity index (χ1) is 24.5. The van der Waals surface area contributed by atoms with Crippen molar-refractivity contribution in [2.45, 2.75) is 32.6 Å². The third-order valence-electron chi connectivity index (χ3n) is 7.54. The van der Waals surface area contributed by atoms with E-state index >= 15 is 0 Å². The second kappa shape index (κ2) is 19.2. The SMILES string of the molecule is C=CC(=O)OCCOCCOCCOc1ccc(C(=O)Oc2ccc(-c3ccc(CCC)cc3)cc2/C=N/Nc2nc3c(s2)CCC=C3)cc1. The fourth-order valence-corrected chi connectivity index (χ4v) is 5.92. The molecule has 50 heavy (non-hydrogen) atoms. The Kier molecular flexibility index (Phi) is 13.9. The number of rotatable bonds is 19. The van der Waals surface area contributed by atoms with E-state index in [2.05, 4.69) is 59.4 Å². The largest absolute Gasteiger partial charge is 0.491 e. The molecule has 0 atom stereocenters. The molecule has 0 saturated carbocycles. The number of nitrogens with one attached hydrogen (secondary N) is 1. The first kappa shape index (κ1) is 36.2. The number of hydrogen-bond acceptors (Lipinski definition) is 11. The number of thiazole rings is 1. The predicted octanol–water partition coefficient (Wildman–Crippen LogP) is 7.53. The van der Waals surface area contributed by atoms with Gasteiger partial charge in [-0.15, -0.1) is 0 Å². The number of aromatic nitrogens is 1. The molecule has 5 rings (SSSR count). The number of fused-ring (bicyclic) bond motifs is 1. The minimum Gasteiger partial charge on any atom is -0.491 e. The summed E-state index contributed by atoms with van der Waals surface area (Å²) in [6.07, 6.45) is 11.0. The van der Waals surface area contributed by atoms with Gasteiger partial charge in [-0.3, -0.25) is 5.43 Å². The summed E-state index contributed by atoms with van der Waals surface area (Å²) >= 11 is 1.59. The van der Waals surface area contributed by atoms with Gasteiger partial charge >= 0.3 is 11.9 Å². The van der Waals surface area contributed by atoms with Gasteiger partial charge in [0, 0.05) is 16.5 Å². The van der Waals surface area contributed by atoms with Crippen LogP contribution in [0, 0.1) is 0 Å². The Morgan fingerprint density at radius 1 is 0.940 bits per heavy atom. The van der Waals surface area contributed by atoms with Crippen LogP contribution in [0.15, 0.2) is 90.6 Å². The van der Waals surface area contributed by atoms with Gasteiger partial charge in [-0.25, -0.2) is 14.6 Å². The molecule has 1 aliphatic rings. The second-order valence-electron chi connectivity index (χ2n) is 11.2. The molecule has 10 nitrogen and oxygen atoms in total. The van der Waals surface area contributed by atoms with Crippen LogP contribution in [0.1, 0.15) is 51.8 Å². The summed E-state index contributed by atoms with van der Waals surface area (Å²) in [7, 11) is 0. The Morgan fingerprint density at radius 2 is 1.68 bits per heavy atom. The summed E-state index contributed by atoms with van der Waals surface area (Å²) in [6.45, 7) is 7.38. The molecule has 0 unspecified atom stereocenters. The Labute approximate surface area is 296 Å². The van der Waals surface area contributed by atoms with Crippen LogP contribution in [0.5, 0.6) is 11.5 Å². The lowest BCUT2D eigenvalue weighted by molar-refractivity contribution is -0.139. The Hall–Kier alpha value is -5.10. The van der Waals surface area contributed by atoms with Crippen molar-refractivity contribution < 1.29 is 33.3 Å². The van der Waals surface area contributed by atoms with Crippen molar-refractivity contribution >= 4 is 40.7 Å². The average Bonchev–Trinajstić information content (AvgIpc) is 3.56. The molecule has 1 aromatic heterocycles. The van der Waals surface area contributed by atoms with E-state index in [1.807, 2.05) is 18.2 Å². The maximum Gasteiger partial charge on any atom is 0.343 e. The minimum absolute atomic E-state index is 0.165. The summed E-state index contributed by atoms with van der Waals surface area (Å²) in [4.78, 5) is 30.1. The molecule has 1 aliphatic carbocycles. The molecular formula is C39H41N3O7S. The predicted molar refractivity (Wildman–Crippen MR) is 196 cm³/mol. The fourth-order valence-electron chi connectivity index (χ4n) is 5.01. The van der Waals surface area contributed by atoms with Gasteiger partial charge in [0.1, 0.15) is 24.7 Å². The molecule has 11 heteroatoms. The monoisotopic (exact) mass is 695 g/mol. The van der Waals surface area contributed by atoms with E-state index in [-0.39, 0.29) is 13.2 Å². The van der Waals surface area contributed by atoms with E-state index in [1.165, 1.54) is 10.4 Å². The highest BCUT2D eigenvalue weighted by Crippen LogP contribution is 2.30. The van der Waals surface area contributed by atoms with Crippen molar-refractivity contribution in [3.8, 4) is 22.6 Å².